The summed E-state index contributed by atoms with van der Waals surface area (Å²) in [5.74, 6) is -2.46. The number of hydrogen-bond acceptors (Lipinski definition) is 4. The molecule has 0 unspecified atom stereocenters. The lowest BCUT2D eigenvalue weighted by molar-refractivity contribution is 0.0693. The quantitative estimate of drug-likeness (QED) is 0.485. The molecule has 0 radical (unpaired) electrons. The lowest BCUT2D eigenvalue weighted by Gasteiger charge is -2.10. The van der Waals surface area contributed by atoms with Crippen molar-refractivity contribution in [3.05, 3.63) is 82.9 Å². The number of rotatable bonds is 3. The summed E-state index contributed by atoms with van der Waals surface area (Å²) in [4.78, 5) is 36.7. The van der Waals surface area contributed by atoms with E-state index in [0.717, 1.165) is 11.6 Å². The summed E-state index contributed by atoms with van der Waals surface area (Å²) in [5.41, 5.74) is 2.44. The monoisotopic (exact) mass is 359 g/mol. The van der Waals surface area contributed by atoms with Crippen LogP contribution in [0.5, 0.6) is 5.75 Å². The van der Waals surface area contributed by atoms with E-state index in [1.165, 1.54) is 12.1 Å². The molecule has 1 aliphatic carbocycles. The summed E-state index contributed by atoms with van der Waals surface area (Å²) < 4.78 is 0. The first-order valence-corrected chi connectivity index (χ1v) is 8.12. The summed E-state index contributed by atoms with van der Waals surface area (Å²) in [6, 6.07) is 15.9. The molecule has 0 fully saturated rings. The highest BCUT2D eigenvalue weighted by Crippen LogP contribution is 2.38. The number of benzene rings is 3. The predicted molar refractivity (Wildman–Crippen MR) is 98.3 cm³/mol. The summed E-state index contributed by atoms with van der Waals surface area (Å²) in [6.45, 7) is 0. The minimum absolute atomic E-state index is 0.204. The van der Waals surface area contributed by atoms with Crippen molar-refractivity contribution in [3.63, 3.8) is 0 Å². The third-order valence-corrected chi connectivity index (χ3v) is 4.48. The molecule has 132 valence electrons. The number of aromatic carboxylic acids is 1. The number of carbonyl (C=O) groups excluding carboxylic acids is 2. The predicted octanol–water partition coefficient (Wildman–Crippen LogP) is 3.55. The van der Waals surface area contributed by atoms with Crippen molar-refractivity contribution in [1.82, 2.24) is 0 Å². The first kappa shape index (κ1) is 16.5. The third-order valence-electron chi connectivity index (χ3n) is 4.48. The molecule has 0 saturated carbocycles. The van der Waals surface area contributed by atoms with E-state index in [0.29, 0.717) is 16.7 Å². The van der Waals surface area contributed by atoms with Gasteiger partial charge in [-0.3, -0.25) is 9.59 Å². The molecule has 4 rings (SSSR count). The first-order valence-electron chi connectivity index (χ1n) is 8.12. The van der Waals surface area contributed by atoms with Gasteiger partial charge in [-0.15, -0.1) is 0 Å². The lowest BCUT2D eigenvalue weighted by Crippen LogP contribution is -2.16. The molecule has 0 aromatic heterocycles. The Kier molecular flexibility index (Phi) is 3.74. The lowest BCUT2D eigenvalue weighted by atomic mass is 10.00. The molecule has 1 aliphatic rings. The van der Waals surface area contributed by atoms with Crippen molar-refractivity contribution in [2.24, 2.45) is 0 Å². The zero-order valence-electron chi connectivity index (χ0n) is 13.9. The Morgan fingerprint density at radius 3 is 2.26 bits per heavy atom. The fraction of sp³-hybridized carbons (Fsp3) is 0. The van der Waals surface area contributed by atoms with Crippen LogP contribution in [-0.2, 0) is 0 Å². The molecule has 1 amide bonds. The number of phenols is 1. The van der Waals surface area contributed by atoms with Crippen molar-refractivity contribution in [2.75, 3.05) is 5.32 Å². The number of amides is 1. The molecule has 0 heterocycles. The zero-order valence-corrected chi connectivity index (χ0v) is 13.9. The second kappa shape index (κ2) is 6.10. The Bertz CT molecular complexity index is 1130. The maximum Gasteiger partial charge on any atom is 0.339 e. The van der Waals surface area contributed by atoms with Gasteiger partial charge in [-0.1, -0.05) is 36.4 Å². The Balaban J connectivity index is 1.72. The fourth-order valence-electron chi connectivity index (χ4n) is 3.24. The van der Waals surface area contributed by atoms with E-state index in [4.69, 9.17) is 5.11 Å². The van der Waals surface area contributed by atoms with E-state index >= 15 is 0 Å². The Morgan fingerprint density at radius 1 is 0.815 bits per heavy atom. The Labute approximate surface area is 153 Å². The minimum atomic E-state index is -1.31. The van der Waals surface area contributed by atoms with Crippen molar-refractivity contribution in [3.8, 4) is 16.9 Å². The van der Waals surface area contributed by atoms with E-state index in [-0.39, 0.29) is 22.6 Å². The highest BCUT2D eigenvalue weighted by molar-refractivity contribution is 6.26. The average molecular weight is 359 g/mol. The second-order valence-corrected chi connectivity index (χ2v) is 6.09. The number of nitrogens with one attached hydrogen (secondary N) is 1. The molecule has 0 atom stereocenters. The molecule has 0 bridgehead atoms. The van der Waals surface area contributed by atoms with Crippen molar-refractivity contribution in [1.29, 1.82) is 0 Å². The van der Waals surface area contributed by atoms with Gasteiger partial charge in [0.05, 0.1) is 5.56 Å². The van der Waals surface area contributed by atoms with Gasteiger partial charge in [0.2, 0.25) is 0 Å². The summed E-state index contributed by atoms with van der Waals surface area (Å²) in [7, 11) is 0. The van der Waals surface area contributed by atoms with Gasteiger partial charge in [0.1, 0.15) is 11.3 Å². The highest BCUT2D eigenvalue weighted by Gasteiger charge is 2.30. The maximum absolute atomic E-state index is 12.8. The number of anilines is 1. The number of aromatic hydroxyl groups is 1. The van der Waals surface area contributed by atoms with Crippen LogP contribution >= 0.6 is 0 Å². The third kappa shape index (κ3) is 2.64. The van der Waals surface area contributed by atoms with Gasteiger partial charge in [-0.05, 0) is 35.4 Å². The van der Waals surface area contributed by atoms with Gasteiger partial charge >= 0.3 is 5.97 Å². The first-order chi connectivity index (χ1) is 13.0. The molecule has 3 aromatic carbocycles. The molecule has 0 saturated heterocycles. The van der Waals surface area contributed by atoms with E-state index in [9.17, 15) is 19.5 Å². The summed E-state index contributed by atoms with van der Waals surface area (Å²) in [6.07, 6.45) is 0. The molecule has 0 spiro atoms. The van der Waals surface area contributed by atoms with Crippen molar-refractivity contribution in [2.45, 2.75) is 0 Å². The van der Waals surface area contributed by atoms with Gasteiger partial charge in [0.25, 0.3) is 5.91 Å². The maximum atomic E-state index is 12.8. The Morgan fingerprint density at radius 2 is 1.52 bits per heavy atom. The molecular weight excluding hydrogens is 346 g/mol. The zero-order chi connectivity index (χ0) is 19.1. The topological polar surface area (TPSA) is 104 Å². The van der Waals surface area contributed by atoms with E-state index < -0.39 is 17.6 Å². The molecule has 6 nitrogen and oxygen atoms in total. The fourth-order valence-corrected chi connectivity index (χ4v) is 3.24. The largest absolute Gasteiger partial charge is 0.507 e. The molecule has 3 N–H and O–H groups in total. The van der Waals surface area contributed by atoms with Gasteiger partial charge in [-0.2, -0.15) is 0 Å². The molecular formula is C21H13NO5. The minimum Gasteiger partial charge on any atom is -0.507 e. The van der Waals surface area contributed by atoms with Crippen LogP contribution in [0, 0.1) is 0 Å². The normalized spacial score (nSPS) is 11.6. The SMILES string of the molecule is O=C(O)c1cc(NC(=O)c2cccc3c2C(=O)c2ccccc2-3)ccc1O. The van der Waals surface area contributed by atoms with Crippen LogP contribution in [0.2, 0.25) is 0 Å². The van der Waals surface area contributed by atoms with Crippen LogP contribution in [0.15, 0.2) is 60.7 Å². The number of carboxylic acid groups (broad SMARTS) is 1. The molecule has 0 aliphatic heterocycles. The van der Waals surface area contributed by atoms with E-state index in [1.807, 2.05) is 12.1 Å². The van der Waals surface area contributed by atoms with Crippen molar-refractivity contribution < 1.29 is 24.6 Å². The van der Waals surface area contributed by atoms with Crippen LogP contribution in [-0.4, -0.2) is 27.9 Å². The van der Waals surface area contributed by atoms with Crippen LogP contribution in [0.3, 0.4) is 0 Å². The van der Waals surface area contributed by atoms with E-state index in [2.05, 4.69) is 5.32 Å². The number of fused-ring (bicyclic) bond motifs is 3. The van der Waals surface area contributed by atoms with Gasteiger partial charge < -0.3 is 15.5 Å². The Hall–Kier alpha value is -3.93. The summed E-state index contributed by atoms with van der Waals surface area (Å²) in [5, 5.41) is 21.3. The van der Waals surface area contributed by atoms with E-state index in [1.54, 1.807) is 30.3 Å². The van der Waals surface area contributed by atoms with Gasteiger partial charge in [0.15, 0.2) is 5.78 Å². The number of hydrogen-bond donors (Lipinski definition) is 3. The van der Waals surface area contributed by atoms with Crippen LogP contribution in [0.4, 0.5) is 5.69 Å². The standard InChI is InChI=1S/C21H13NO5/c23-17-9-8-11(10-16(17)21(26)27)22-20(25)15-7-3-6-13-12-4-1-2-5-14(12)19(24)18(13)15/h1-10,23H,(H,22,25)(H,26,27). The number of carboxylic acids is 1. The highest BCUT2D eigenvalue weighted by atomic mass is 16.4. The average Bonchev–Trinajstić information content (AvgIpc) is 2.96. The number of carbonyl (C=O) groups is 3. The summed E-state index contributed by atoms with van der Waals surface area (Å²) >= 11 is 0. The van der Waals surface area contributed by atoms with Crippen molar-refractivity contribution >= 4 is 23.3 Å². The van der Waals surface area contributed by atoms with Crippen LogP contribution < -0.4 is 5.32 Å². The van der Waals surface area contributed by atoms with Crippen LogP contribution in [0.25, 0.3) is 11.1 Å². The van der Waals surface area contributed by atoms with Gasteiger partial charge in [-0.25, -0.2) is 4.79 Å². The molecule has 6 heteroatoms. The van der Waals surface area contributed by atoms with Crippen LogP contribution in [0.1, 0.15) is 36.6 Å². The van der Waals surface area contributed by atoms with Gasteiger partial charge in [0, 0.05) is 16.8 Å². The molecule has 3 aromatic rings. The number of ketones is 1. The second-order valence-electron chi connectivity index (χ2n) is 6.09. The molecule has 27 heavy (non-hydrogen) atoms. The smallest absolute Gasteiger partial charge is 0.339 e.